The van der Waals surface area contributed by atoms with Gasteiger partial charge < -0.3 is 9.05 Å². The molecule has 0 saturated carbocycles. The summed E-state index contributed by atoms with van der Waals surface area (Å²) in [6.07, 6.45) is 4.10. The molecule has 1 aromatic rings. The molecule has 5 nitrogen and oxygen atoms in total. The summed E-state index contributed by atoms with van der Waals surface area (Å²) >= 11 is 0. The molecule has 17 heavy (non-hydrogen) atoms. The van der Waals surface area contributed by atoms with Crippen molar-refractivity contribution < 1.29 is 18.4 Å². The highest BCUT2D eigenvalue weighted by atomic mass is 31.2. The Balaban J connectivity index is 2.43. The molecule has 0 N–H and O–H groups in total. The zero-order chi connectivity index (χ0) is 12.7. The van der Waals surface area contributed by atoms with Gasteiger partial charge in [0.05, 0.1) is 0 Å². The SMILES string of the molecule is COP(=O)(CC(=O)CCc1ccncc1)OC. The maximum absolute atomic E-state index is 11.7. The van der Waals surface area contributed by atoms with Crippen molar-refractivity contribution >= 4 is 13.4 Å². The lowest BCUT2D eigenvalue weighted by molar-refractivity contribution is -0.116. The number of nitrogens with zero attached hydrogens (tertiary/aromatic N) is 1. The highest BCUT2D eigenvalue weighted by Gasteiger charge is 2.24. The van der Waals surface area contributed by atoms with Crippen LogP contribution in [-0.2, 0) is 24.8 Å². The maximum atomic E-state index is 11.7. The second kappa shape index (κ2) is 6.64. The highest BCUT2D eigenvalue weighted by molar-refractivity contribution is 7.54. The average Bonchev–Trinajstić information content (AvgIpc) is 2.37. The van der Waals surface area contributed by atoms with Crippen LogP contribution in [0.1, 0.15) is 12.0 Å². The molecule has 6 heteroatoms. The monoisotopic (exact) mass is 257 g/mol. The molecule has 0 atom stereocenters. The van der Waals surface area contributed by atoms with Crippen LogP contribution in [0.4, 0.5) is 0 Å². The Morgan fingerprint density at radius 2 is 1.88 bits per heavy atom. The van der Waals surface area contributed by atoms with Gasteiger partial charge in [0.1, 0.15) is 11.9 Å². The molecule has 1 rings (SSSR count). The van der Waals surface area contributed by atoms with Crippen molar-refractivity contribution in [3.05, 3.63) is 30.1 Å². The third-order valence-corrected chi connectivity index (χ3v) is 4.22. The van der Waals surface area contributed by atoms with E-state index in [1.165, 1.54) is 14.2 Å². The van der Waals surface area contributed by atoms with Crippen molar-refractivity contribution in [1.82, 2.24) is 4.98 Å². The second-order valence-electron chi connectivity index (χ2n) is 3.53. The third-order valence-electron chi connectivity index (χ3n) is 2.37. The molecule has 0 bridgehead atoms. The zero-order valence-corrected chi connectivity index (χ0v) is 10.9. The Labute approximate surface area is 101 Å². The predicted octanol–water partition coefficient (Wildman–Crippen LogP) is 2.07. The molecule has 0 aliphatic rings. The van der Waals surface area contributed by atoms with Crippen LogP contribution >= 0.6 is 7.60 Å². The van der Waals surface area contributed by atoms with E-state index in [0.29, 0.717) is 12.8 Å². The Hall–Kier alpha value is -1.03. The summed E-state index contributed by atoms with van der Waals surface area (Å²) in [4.78, 5) is 15.5. The van der Waals surface area contributed by atoms with E-state index in [9.17, 15) is 9.36 Å². The molecule has 0 aromatic carbocycles. The van der Waals surface area contributed by atoms with E-state index in [-0.39, 0.29) is 11.9 Å². The van der Waals surface area contributed by atoms with Gasteiger partial charge >= 0.3 is 7.60 Å². The van der Waals surface area contributed by atoms with Crippen molar-refractivity contribution in [3.8, 4) is 0 Å². The Kier molecular flexibility index (Phi) is 5.48. The number of hydrogen-bond acceptors (Lipinski definition) is 5. The number of pyridine rings is 1. The summed E-state index contributed by atoms with van der Waals surface area (Å²) < 4.78 is 21.1. The third kappa shape index (κ3) is 4.77. The molecule has 0 aliphatic carbocycles. The Morgan fingerprint density at radius 1 is 1.29 bits per heavy atom. The summed E-state index contributed by atoms with van der Waals surface area (Å²) in [5.74, 6) is -0.131. The van der Waals surface area contributed by atoms with E-state index >= 15 is 0 Å². The van der Waals surface area contributed by atoms with Gasteiger partial charge in [-0.2, -0.15) is 0 Å². The fourth-order valence-corrected chi connectivity index (χ4v) is 2.33. The van der Waals surface area contributed by atoms with Gasteiger partial charge in [0.2, 0.25) is 0 Å². The normalized spacial score (nSPS) is 11.4. The van der Waals surface area contributed by atoms with Crippen LogP contribution in [0, 0.1) is 0 Å². The van der Waals surface area contributed by atoms with Crippen molar-refractivity contribution in [1.29, 1.82) is 0 Å². The first kappa shape index (κ1) is 14.0. The quantitative estimate of drug-likeness (QED) is 0.699. The number of carbonyl (C=O) groups excluding carboxylic acids is 1. The largest absolute Gasteiger partial charge is 0.337 e. The lowest BCUT2D eigenvalue weighted by atomic mass is 10.1. The van der Waals surface area contributed by atoms with Gasteiger partial charge in [-0.25, -0.2) is 0 Å². The summed E-state index contributed by atoms with van der Waals surface area (Å²) in [5, 5.41) is 0. The van der Waals surface area contributed by atoms with Crippen LogP contribution in [0.3, 0.4) is 0 Å². The highest BCUT2D eigenvalue weighted by Crippen LogP contribution is 2.46. The van der Waals surface area contributed by atoms with Crippen molar-refractivity contribution in [2.24, 2.45) is 0 Å². The van der Waals surface area contributed by atoms with Crippen LogP contribution in [-0.4, -0.2) is 31.1 Å². The molecule has 1 heterocycles. The molecule has 0 aliphatic heterocycles. The molecule has 0 amide bonds. The second-order valence-corrected chi connectivity index (χ2v) is 5.80. The first-order valence-corrected chi connectivity index (χ1v) is 6.93. The smallest absolute Gasteiger partial charge is 0.312 e. The van der Waals surface area contributed by atoms with Crippen LogP contribution in [0.2, 0.25) is 0 Å². The van der Waals surface area contributed by atoms with Crippen LogP contribution in [0.15, 0.2) is 24.5 Å². The number of ketones is 1. The molecular formula is C11H16NO4P. The van der Waals surface area contributed by atoms with E-state index in [1.54, 1.807) is 12.4 Å². The van der Waals surface area contributed by atoms with Gasteiger partial charge in [0.25, 0.3) is 0 Å². The Bertz CT molecular complexity index is 399. The van der Waals surface area contributed by atoms with Gasteiger partial charge in [-0.3, -0.25) is 14.3 Å². The minimum absolute atomic E-state index is 0.131. The van der Waals surface area contributed by atoms with E-state index in [1.807, 2.05) is 12.1 Å². The van der Waals surface area contributed by atoms with Crippen molar-refractivity contribution in [3.63, 3.8) is 0 Å². The van der Waals surface area contributed by atoms with Crippen LogP contribution in [0.5, 0.6) is 0 Å². The fraction of sp³-hybridized carbons (Fsp3) is 0.455. The average molecular weight is 257 g/mol. The molecule has 0 radical (unpaired) electrons. The lowest BCUT2D eigenvalue weighted by Crippen LogP contribution is -2.08. The number of Topliss-reactive ketones (excluding diaryl/α,β-unsaturated/α-hetero) is 1. The predicted molar refractivity (Wildman–Crippen MR) is 64.1 cm³/mol. The summed E-state index contributed by atoms with van der Waals surface area (Å²) in [6, 6.07) is 3.69. The molecule has 0 fully saturated rings. The summed E-state index contributed by atoms with van der Waals surface area (Å²) in [5.41, 5.74) is 1.03. The molecule has 0 unspecified atom stereocenters. The number of hydrogen-bond donors (Lipinski definition) is 0. The van der Waals surface area contributed by atoms with E-state index < -0.39 is 7.60 Å². The number of aromatic nitrogens is 1. The lowest BCUT2D eigenvalue weighted by Gasteiger charge is -2.12. The molecular weight excluding hydrogens is 241 g/mol. The van der Waals surface area contributed by atoms with Gasteiger partial charge in [0.15, 0.2) is 0 Å². The first-order valence-electron chi connectivity index (χ1n) is 5.21. The topological polar surface area (TPSA) is 65.5 Å². The minimum Gasteiger partial charge on any atom is -0.312 e. The summed E-state index contributed by atoms with van der Waals surface area (Å²) in [7, 11) is -0.664. The first-order chi connectivity index (χ1) is 8.09. The number of carbonyl (C=O) groups is 1. The van der Waals surface area contributed by atoms with Crippen molar-refractivity contribution in [2.45, 2.75) is 12.8 Å². The fourth-order valence-electron chi connectivity index (χ4n) is 1.33. The van der Waals surface area contributed by atoms with Crippen LogP contribution in [0.25, 0.3) is 0 Å². The zero-order valence-electron chi connectivity index (χ0n) is 9.96. The number of aryl methyl sites for hydroxylation is 1. The number of rotatable bonds is 7. The molecule has 0 spiro atoms. The van der Waals surface area contributed by atoms with E-state index in [2.05, 4.69) is 4.98 Å². The minimum atomic E-state index is -3.22. The maximum Gasteiger partial charge on any atom is 0.337 e. The van der Waals surface area contributed by atoms with E-state index in [4.69, 9.17) is 9.05 Å². The van der Waals surface area contributed by atoms with Crippen molar-refractivity contribution in [2.75, 3.05) is 20.4 Å². The van der Waals surface area contributed by atoms with Crippen LogP contribution < -0.4 is 0 Å². The molecule has 0 saturated heterocycles. The van der Waals surface area contributed by atoms with Gasteiger partial charge in [0, 0.05) is 33.0 Å². The van der Waals surface area contributed by atoms with Gasteiger partial charge in [-0.1, -0.05) is 0 Å². The van der Waals surface area contributed by atoms with Gasteiger partial charge in [-0.05, 0) is 24.1 Å². The van der Waals surface area contributed by atoms with E-state index in [0.717, 1.165) is 5.56 Å². The molecule has 94 valence electrons. The summed E-state index contributed by atoms with van der Waals surface area (Å²) in [6.45, 7) is 0. The Morgan fingerprint density at radius 3 is 2.41 bits per heavy atom. The van der Waals surface area contributed by atoms with Gasteiger partial charge in [-0.15, -0.1) is 0 Å². The standard InChI is InChI=1S/C11H16NO4P/c1-15-17(14,16-2)9-11(13)4-3-10-5-7-12-8-6-10/h5-8H,3-4,9H2,1-2H3. The molecule has 1 aromatic heterocycles.